The summed E-state index contributed by atoms with van der Waals surface area (Å²) in [4.78, 5) is 41.4. The Morgan fingerprint density at radius 1 is 1.16 bits per heavy atom. The van der Waals surface area contributed by atoms with Crippen molar-refractivity contribution in [1.82, 2.24) is 25.8 Å². The monoisotopic (exact) mass is 542 g/mol. The number of halogens is 4. The topological polar surface area (TPSA) is 129 Å². The summed E-state index contributed by atoms with van der Waals surface area (Å²) < 4.78 is 43.4. The van der Waals surface area contributed by atoms with Gasteiger partial charge in [-0.15, -0.1) is 0 Å². The van der Waals surface area contributed by atoms with E-state index in [-0.39, 0.29) is 28.6 Å². The van der Waals surface area contributed by atoms with Crippen LogP contribution < -0.4 is 21.1 Å². The molecule has 2 aromatic heterocycles. The van der Waals surface area contributed by atoms with Crippen molar-refractivity contribution in [2.75, 3.05) is 24.5 Å². The number of nitrogens with zero attached hydrogens (tertiary/aromatic N) is 3. The summed E-state index contributed by atoms with van der Waals surface area (Å²) in [6.07, 6.45) is 0.523. The van der Waals surface area contributed by atoms with Gasteiger partial charge in [0, 0.05) is 31.7 Å². The van der Waals surface area contributed by atoms with E-state index in [0.717, 1.165) is 31.2 Å². The largest absolute Gasteiger partial charge is 0.444 e. The van der Waals surface area contributed by atoms with Crippen molar-refractivity contribution in [2.45, 2.75) is 50.4 Å². The predicted octanol–water partition coefficient (Wildman–Crippen LogP) is 3.13. The number of rotatable bonds is 6. The molecule has 4 rings (SSSR count). The van der Waals surface area contributed by atoms with Crippen LogP contribution in [0.2, 0.25) is 5.02 Å². The maximum atomic E-state index is 12.6. The number of hydrogen-bond donors (Lipinski definition) is 3. The fourth-order valence-corrected chi connectivity index (χ4v) is 4.75. The Kier molecular flexibility index (Phi) is 8.20. The van der Waals surface area contributed by atoms with Crippen LogP contribution in [0.25, 0.3) is 0 Å². The van der Waals surface area contributed by atoms with Gasteiger partial charge >= 0.3 is 12.3 Å². The van der Waals surface area contributed by atoms with Gasteiger partial charge in [-0.3, -0.25) is 14.6 Å². The number of H-pyrrole nitrogens is 1. The zero-order valence-corrected chi connectivity index (χ0v) is 20.4. The van der Waals surface area contributed by atoms with Gasteiger partial charge in [-0.1, -0.05) is 11.6 Å². The predicted molar refractivity (Wildman–Crippen MR) is 127 cm³/mol. The smallest absolute Gasteiger partial charge is 0.433 e. The number of pyridine rings is 1. The number of anilines is 1. The highest BCUT2D eigenvalue weighted by molar-refractivity contribution is 6.33. The maximum absolute atomic E-state index is 12.6. The molecular formula is C23H26ClF3N6O4. The minimum absolute atomic E-state index is 0.0454. The molecule has 0 aromatic carbocycles. The van der Waals surface area contributed by atoms with E-state index >= 15 is 0 Å². The van der Waals surface area contributed by atoms with E-state index in [1.54, 1.807) is 0 Å². The number of aromatic amines is 1. The van der Waals surface area contributed by atoms with Crippen LogP contribution in [-0.4, -0.2) is 59.0 Å². The van der Waals surface area contributed by atoms with Crippen molar-refractivity contribution in [3.8, 4) is 0 Å². The Labute approximate surface area is 214 Å². The highest BCUT2D eigenvalue weighted by Crippen LogP contribution is 2.28. The molecule has 200 valence electrons. The molecule has 3 N–H and O–H groups in total. The first-order chi connectivity index (χ1) is 17.6. The number of hydrogen-bond acceptors (Lipinski definition) is 7. The molecule has 1 aliphatic heterocycles. The number of alkyl carbamates (subject to hydrolysis) is 1. The number of carbonyl (C=O) groups is 2. The second-order valence-corrected chi connectivity index (χ2v) is 9.54. The third kappa shape index (κ3) is 6.90. The second-order valence-electron chi connectivity index (χ2n) is 9.16. The Hall–Kier alpha value is -3.35. The minimum atomic E-state index is -4.55. The Bertz CT molecular complexity index is 1170. The molecule has 10 nitrogen and oxygen atoms in total. The first-order valence-corrected chi connectivity index (χ1v) is 12.2. The molecule has 1 saturated heterocycles. The van der Waals surface area contributed by atoms with Gasteiger partial charge < -0.3 is 20.3 Å². The lowest BCUT2D eigenvalue weighted by atomic mass is 9.86. The molecule has 2 fully saturated rings. The number of amides is 2. The van der Waals surface area contributed by atoms with E-state index < -0.39 is 29.4 Å². The van der Waals surface area contributed by atoms with Crippen molar-refractivity contribution in [3.05, 3.63) is 51.2 Å². The lowest BCUT2D eigenvalue weighted by Gasteiger charge is -2.29. The molecule has 0 radical (unpaired) electrons. The molecule has 2 aliphatic rings. The highest BCUT2D eigenvalue weighted by atomic mass is 35.5. The number of nitrogens with one attached hydrogen (secondary N) is 3. The minimum Gasteiger partial charge on any atom is -0.444 e. The third-order valence-electron chi connectivity index (χ3n) is 6.57. The van der Waals surface area contributed by atoms with Gasteiger partial charge in [-0.2, -0.15) is 18.3 Å². The van der Waals surface area contributed by atoms with E-state index in [1.165, 1.54) is 6.20 Å². The van der Waals surface area contributed by atoms with E-state index in [0.29, 0.717) is 44.6 Å². The first-order valence-electron chi connectivity index (χ1n) is 11.9. The van der Waals surface area contributed by atoms with E-state index in [9.17, 15) is 27.6 Å². The molecule has 1 saturated carbocycles. The van der Waals surface area contributed by atoms with Crippen LogP contribution in [0.15, 0.2) is 29.3 Å². The van der Waals surface area contributed by atoms with E-state index in [4.69, 9.17) is 16.3 Å². The van der Waals surface area contributed by atoms with Crippen LogP contribution in [0.3, 0.4) is 0 Å². The maximum Gasteiger partial charge on any atom is 0.433 e. The summed E-state index contributed by atoms with van der Waals surface area (Å²) in [5.74, 6) is -0.288. The lowest BCUT2D eigenvalue weighted by molar-refractivity contribution is -0.141. The van der Waals surface area contributed by atoms with Crippen molar-refractivity contribution >= 4 is 29.3 Å². The fourth-order valence-electron chi connectivity index (χ4n) is 4.54. The summed E-state index contributed by atoms with van der Waals surface area (Å²) in [7, 11) is 0. The number of alkyl halides is 3. The molecule has 14 heteroatoms. The van der Waals surface area contributed by atoms with Crippen LogP contribution in [-0.2, 0) is 10.9 Å². The molecule has 37 heavy (non-hydrogen) atoms. The Morgan fingerprint density at radius 3 is 2.59 bits per heavy atom. The van der Waals surface area contributed by atoms with Crippen LogP contribution in [0.4, 0.5) is 23.7 Å². The Balaban J connectivity index is 1.15. The average molecular weight is 543 g/mol. The summed E-state index contributed by atoms with van der Waals surface area (Å²) in [5.41, 5.74) is -0.965. The van der Waals surface area contributed by atoms with Crippen molar-refractivity contribution in [3.63, 3.8) is 0 Å². The van der Waals surface area contributed by atoms with Gasteiger partial charge in [-0.05, 0) is 43.7 Å². The number of aromatic nitrogens is 3. The Morgan fingerprint density at radius 2 is 1.92 bits per heavy atom. The first kappa shape index (κ1) is 26.7. The average Bonchev–Trinajstić information content (AvgIpc) is 3.32. The summed E-state index contributed by atoms with van der Waals surface area (Å²) >= 11 is 6.05. The summed E-state index contributed by atoms with van der Waals surface area (Å²) in [6, 6.07) is 1.83. The van der Waals surface area contributed by atoms with Crippen molar-refractivity contribution < 1.29 is 27.5 Å². The van der Waals surface area contributed by atoms with Gasteiger partial charge in [0.2, 0.25) is 0 Å². The molecule has 3 heterocycles. The van der Waals surface area contributed by atoms with Gasteiger partial charge in [-0.25, -0.2) is 9.89 Å². The molecule has 2 aromatic rings. The van der Waals surface area contributed by atoms with Gasteiger partial charge in [0.15, 0.2) is 0 Å². The molecule has 0 unspecified atom stereocenters. The van der Waals surface area contributed by atoms with E-state index in [1.807, 2.05) is 4.90 Å². The van der Waals surface area contributed by atoms with Crippen LogP contribution in [0.1, 0.15) is 48.2 Å². The van der Waals surface area contributed by atoms with Gasteiger partial charge in [0.05, 0.1) is 24.0 Å². The molecule has 2 amide bonds. The van der Waals surface area contributed by atoms with Crippen LogP contribution in [0, 0.1) is 5.92 Å². The molecule has 0 bridgehead atoms. The lowest BCUT2D eigenvalue weighted by Crippen LogP contribution is -2.41. The highest BCUT2D eigenvalue weighted by Gasteiger charge is 2.32. The summed E-state index contributed by atoms with van der Waals surface area (Å²) in [5, 5.41) is 11.7. The van der Waals surface area contributed by atoms with E-state index in [2.05, 4.69) is 25.8 Å². The molecule has 1 aliphatic carbocycles. The molecule has 1 atom stereocenters. The van der Waals surface area contributed by atoms with Crippen LogP contribution >= 0.6 is 11.6 Å². The zero-order chi connectivity index (χ0) is 26.6. The zero-order valence-electron chi connectivity index (χ0n) is 19.7. The quantitative estimate of drug-likeness (QED) is 0.511. The molecular weight excluding hydrogens is 517 g/mol. The van der Waals surface area contributed by atoms with Crippen LogP contribution in [0.5, 0.6) is 0 Å². The summed E-state index contributed by atoms with van der Waals surface area (Å²) in [6.45, 7) is 1.36. The van der Waals surface area contributed by atoms with Crippen molar-refractivity contribution in [1.29, 1.82) is 0 Å². The van der Waals surface area contributed by atoms with Crippen molar-refractivity contribution in [2.24, 2.45) is 5.92 Å². The standard InChI is InChI=1S/C23H26ClF3N6O4/c24-19-17(11-30-32-21(19)35)33-8-7-16(12-33)37-22(36)31-15-4-1-13(2-5-15)9-29-20(34)14-3-6-18(28-10-14)23(25,26)27/h3,6,10-11,13,15-16H,1-2,4-5,7-9,12H2,(H,29,34)(H,31,36)(H,32,35)/t13-,15-,16-/m1/s1. The second kappa shape index (κ2) is 11.4. The number of ether oxygens (including phenoxy) is 1. The van der Waals surface area contributed by atoms with Gasteiger partial charge in [0.25, 0.3) is 11.5 Å². The SMILES string of the molecule is O=C(N[C@H]1CC[C@H](CNC(=O)c2ccc(C(F)(F)F)nc2)CC1)O[C@@H]1CCN(c2cn[nH]c(=O)c2Cl)C1. The normalized spacial score (nSPS) is 21.9. The fraction of sp³-hybridized carbons (Fsp3) is 0.522. The third-order valence-corrected chi connectivity index (χ3v) is 6.94. The molecule has 0 spiro atoms. The number of carbonyl (C=O) groups excluding carboxylic acids is 2. The van der Waals surface area contributed by atoms with Gasteiger partial charge in [0.1, 0.15) is 16.8 Å².